The van der Waals surface area contributed by atoms with Crippen LogP contribution in [0, 0.1) is 0 Å². The molecule has 0 fully saturated rings. The van der Waals surface area contributed by atoms with Crippen molar-refractivity contribution in [1.29, 1.82) is 0 Å². The molecule has 0 radical (unpaired) electrons. The van der Waals surface area contributed by atoms with Gasteiger partial charge >= 0.3 is 0 Å². The second-order valence-corrected chi connectivity index (χ2v) is 6.97. The Labute approximate surface area is 130 Å². The van der Waals surface area contributed by atoms with Gasteiger partial charge in [0.2, 0.25) is 0 Å². The average molecular weight is 318 g/mol. The van der Waals surface area contributed by atoms with Crippen molar-refractivity contribution in [2.24, 2.45) is 0 Å². The van der Waals surface area contributed by atoms with Crippen LogP contribution in [0.25, 0.3) is 21.3 Å². The standard InChI is InChI=1S/C14H14N4OS2/c1-3-20-9(2)12-17-13(19-18-12)11-8-16-14(21-11)10-4-6-15-7-5-10/h4-9H,3H2,1-2H3. The predicted molar refractivity (Wildman–Crippen MR) is 85.2 cm³/mol. The number of hydrogen-bond acceptors (Lipinski definition) is 7. The van der Waals surface area contributed by atoms with Gasteiger partial charge in [0.25, 0.3) is 5.89 Å². The van der Waals surface area contributed by atoms with E-state index in [0.29, 0.717) is 5.89 Å². The van der Waals surface area contributed by atoms with Gasteiger partial charge in [-0.05, 0) is 24.8 Å². The van der Waals surface area contributed by atoms with Gasteiger partial charge in [-0.1, -0.05) is 12.1 Å². The summed E-state index contributed by atoms with van der Waals surface area (Å²) in [6.45, 7) is 4.20. The highest BCUT2D eigenvalue weighted by Gasteiger charge is 2.16. The first-order valence-electron chi connectivity index (χ1n) is 6.59. The fourth-order valence-electron chi connectivity index (χ4n) is 1.83. The molecule has 0 aliphatic heterocycles. The first-order chi connectivity index (χ1) is 10.3. The maximum absolute atomic E-state index is 5.35. The fourth-order valence-corrected chi connectivity index (χ4v) is 3.41. The number of thiazole rings is 1. The van der Waals surface area contributed by atoms with Crippen LogP contribution in [-0.2, 0) is 0 Å². The van der Waals surface area contributed by atoms with Crippen molar-refractivity contribution in [3.63, 3.8) is 0 Å². The zero-order chi connectivity index (χ0) is 14.7. The van der Waals surface area contributed by atoms with Crippen LogP contribution >= 0.6 is 23.1 Å². The molecule has 0 N–H and O–H groups in total. The molecule has 0 aliphatic rings. The molecule has 1 atom stereocenters. The highest BCUT2D eigenvalue weighted by molar-refractivity contribution is 7.99. The molecular weight excluding hydrogens is 304 g/mol. The normalized spacial score (nSPS) is 12.5. The lowest BCUT2D eigenvalue weighted by atomic mass is 10.3. The second kappa shape index (κ2) is 6.36. The molecule has 5 nitrogen and oxygen atoms in total. The summed E-state index contributed by atoms with van der Waals surface area (Å²) in [5.74, 6) is 2.29. The van der Waals surface area contributed by atoms with Gasteiger partial charge in [0, 0.05) is 18.0 Å². The monoisotopic (exact) mass is 318 g/mol. The van der Waals surface area contributed by atoms with Crippen molar-refractivity contribution in [3.05, 3.63) is 36.5 Å². The maximum atomic E-state index is 5.35. The Balaban J connectivity index is 1.84. The van der Waals surface area contributed by atoms with Crippen molar-refractivity contribution < 1.29 is 4.52 Å². The summed E-state index contributed by atoms with van der Waals surface area (Å²) in [5, 5.41) is 5.21. The number of pyridine rings is 1. The summed E-state index contributed by atoms with van der Waals surface area (Å²) in [4.78, 5) is 13.8. The van der Waals surface area contributed by atoms with E-state index < -0.39 is 0 Å². The lowest BCUT2D eigenvalue weighted by molar-refractivity contribution is 0.423. The summed E-state index contributed by atoms with van der Waals surface area (Å²) < 4.78 is 5.35. The van der Waals surface area contributed by atoms with Crippen LogP contribution in [-0.4, -0.2) is 25.9 Å². The van der Waals surface area contributed by atoms with Crippen LogP contribution in [0.5, 0.6) is 0 Å². The third-order valence-corrected chi connectivity index (χ3v) is 4.94. The first-order valence-corrected chi connectivity index (χ1v) is 8.46. The summed E-state index contributed by atoms with van der Waals surface area (Å²) >= 11 is 3.33. The average Bonchev–Trinajstić information content (AvgIpc) is 3.17. The Morgan fingerprint density at radius 1 is 1.33 bits per heavy atom. The van der Waals surface area contributed by atoms with Crippen molar-refractivity contribution in [3.8, 4) is 21.3 Å². The van der Waals surface area contributed by atoms with Crippen LogP contribution in [0.3, 0.4) is 0 Å². The third kappa shape index (κ3) is 3.14. The fraction of sp³-hybridized carbons (Fsp3) is 0.286. The molecule has 3 rings (SSSR count). The number of nitrogens with zero attached hydrogens (tertiary/aromatic N) is 4. The SMILES string of the molecule is CCSC(C)c1noc(-c2cnc(-c3ccncc3)s2)n1. The van der Waals surface area contributed by atoms with Gasteiger partial charge in [0.05, 0.1) is 11.4 Å². The zero-order valence-electron chi connectivity index (χ0n) is 11.7. The minimum absolute atomic E-state index is 0.236. The largest absolute Gasteiger partial charge is 0.333 e. The molecule has 21 heavy (non-hydrogen) atoms. The predicted octanol–water partition coefficient (Wildman–Crippen LogP) is 4.07. The molecule has 3 aromatic heterocycles. The minimum Gasteiger partial charge on any atom is -0.333 e. The smallest absolute Gasteiger partial charge is 0.269 e. The second-order valence-electron chi connectivity index (χ2n) is 4.32. The summed E-state index contributed by atoms with van der Waals surface area (Å²) in [7, 11) is 0. The quantitative estimate of drug-likeness (QED) is 0.706. The van der Waals surface area contributed by atoms with Gasteiger partial charge < -0.3 is 4.52 Å². The van der Waals surface area contributed by atoms with Gasteiger partial charge in [-0.2, -0.15) is 16.7 Å². The molecule has 0 spiro atoms. The lowest BCUT2D eigenvalue weighted by Crippen LogP contribution is -1.91. The van der Waals surface area contributed by atoms with Gasteiger partial charge in [-0.3, -0.25) is 4.98 Å². The van der Waals surface area contributed by atoms with Gasteiger partial charge in [-0.25, -0.2) is 4.98 Å². The third-order valence-electron chi connectivity index (χ3n) is 2.87. The topological polar surface area (TPSA) is 64.7 Å². The molecule has 3 aromatic rings. The molecule has 0 aliphatic carbocycles. The van der Waals surface area contributed by atoms with Crippen LogP contribution in [0.15, 0.2) is 35.2 Å². The molecule has 0 aromatic carbocycles. The Morgan fingerprint density at radius 2 is 2.14 bits per heavy atom. The van der Waals surface area contributed by atoms with Gasteiger partial charge in [-0.15, -0.1) is 11.3 Å². The van der Waals surface area contributed by atoms with E-state index in [-0.39, 0.29) is 5.25 Å². The van der Waals surface area contributed by atoms with Crippen LogP contribution < -0.4 is 0 Å². The van der Waals surface area contributed by atoms with Crippen molar-refractivity contribution in [2.45, 2.75) is 19.1 Å². The lowest BCUT2D eigenvalue weighted by Gasteiger charge is -2.01. The van der Waals surface area contributed by atoms with E-state index in [1.165, 1.54) is 11.3 Å². The van der Waals surface area contributed by atoms with E-state index in [0.717, 1.165) is 27.0 Å². The molecule has 0 bridgehead atoms. The van der Waals surface area contributed by atoms with E-state index in [9.17, 15) is 0 Å². The van der Waals surface area contributed by atoms with E-state index in [1.54, 1.807) is 30.4 Å². The van der Waals surface area contributed by atoms with Crippen molar-refractivity contribution in [2.75, 3.05) is 5.75 Å². The van der Waals surface area contributed by atoms with Crippen LogP contribution in [0.2, 0.25) is 0 Å². The van der Waals surface area contributed by atoms with E-state index >= 15 is 0 Å². The summed E-state index contributed by atoms with van der Waals surface area (Å²) in [6.07, 6.45) is 5.28. The first kappa shape index (κ1) is 14.2. The highest BCUT2D eigenvalue weighted by atomic mass is 32.2. The number of aromatic nitrogens is 4. The summed E-state index contributed by atoms with van der Waals surface area (Å²) in [6, 6.07) is 3.86. The Kier molecular flexibility index (Phi) is 4.31. The molecule has 0 saturated carbocycles. The molecule has 3 heterocycles. The van der Waals surface area contributed by atoms with E-state index in [1.807, 2.05) is 12.1 Å². The Morgan fingerprint density at radius 3 is 2.90 bits per heavy atom. The van der Waals surface area contributed by atoms with Gasteiger partial charge in [0.1, 0.15) is 9.88 Å². The van der Waals surface area contributed by atoms with Crippen molar-refractivity contribution >= 4 is 23.1 Å². The molecule has 1 unspecified atom stereocenters. The zero-order valence-corrected chi connectivity index (χ0v) is 13.3. The van der Waals surface area contributed by atoms with E-state index in [2.05, 4.69) is 34.0 Å². The minimum atomic E-state index is 0.236. The van der Waals surface area contributed by atoms with Crippen LogP contribution in [0.1, 0.15) is 24.9 Å². The summed E-state index contributed by atoms with van der Waals surface area (Å²) in [5.41, 5.74) is 1.04. The van der Waals surface area contributed by atoms with E-state index in [4.69, 9.17) is 4.52 Å². The Bertz CT molecular complexity index is 711. The number of thioether (sulfide) groups is 1. The number of hydrogen-bond donors (Lipinski definition) is 0. The van der Waals surface area contributed by atoms with Crippen molar-refractivity contribution in [1.82, 2.24) is 20.1 Å². The molecule has 7 heteroatoms. The number of rotatable bonds is 5. The highest BCUT2D eigenvalue weighted by Crippen LogP contribution is 2.32. The van der Waals surface area contributed by atoms with Gasteiger partial charge in [0.15, 0.2) is 5.82 Å². The molecule has 0 saturated heterocycles. The molecule has 0 amide bonds. The Hall–Kier alpha value is -1.73. The van der Waals surface area contributed by atoms with Crippen LogP contribution in [0.4, 0.5) is 0 Å². The maximum Gasteiger partial charge on any atom is 0.269 e. The molecule has 108 valence electrons. The molecular formula is C14H14N4OS2.